The molecule has 3 aromatic rings. The van der Waals surface area contributed by atoms with E-state index in [0.717, 1.165) is 28.1 Å². The Morgan fingerprint density at radius 2 is 2.00 bits per heavy atom. The van der Waals surface area contributed by atoms with Gasteiger partial charge in [0.15, 0.2) is 0 Å². The number of piperidine rings is 1. The van der Waals surface area contributed by atoms with E-state index >= 15 is 0 Å². The van der Waals surface area contributed by atoms with E-state index in [1.807, 2.05) is 18.2 Å². The maximum Gasteiger partial charge on any atom is 0.253 e. The Kier molecular flexibility index (Phi) is 6.11. The fourth-order valence-corrected chi connectivity index (χ4v) is 6.04. The predicted molar refractivity (Wildman–Crippen MR) is 120 cm³/mol. The van der Waals surface area contributed by atoms with Crippen LogP contribution in [0.3, 0.4) is 0 Å². The molecular weight excluding hydrogens is 442 g/mol. The first-order valence-electron chi connectivity index (χ1n) is 9.82. The number of nitrogens with one attached hydrogen (secondary N) is 1. The Labute approximate surface area is 184 Å². The van der Waals surface area contributed by atoms with Crippen molar-refractivity contribution >= 4 is 49.1 Å². The van der Waals surface area contributed by atoms with Crippen molar-refractivity contribution in [3.63, 3.8) is 0 Å². The van der Waals surface area contributed by atoms with Gasteiger partial charge < -0.3 is 4.90 Å². The molecule has 0 bridgehead atoms. The second-order valence-electron chi connectivity index (χ2n) is 7.26. The van der Waals surface area contributed by atoms with Gasteiger partial charge in [-0.15, -0.1) is 11.3 Å². The van der Waals surface area contributed by atoms with Crippen molar-refractivity contribution in [3.05, 3.63) is 58.1 Å². The molecule has 0 unspecified atom stereocenters. The van der Waals surface area contributed by atoms with Crippen LogP contribution >= 0.6 is 22.9 Å². The third kappa shape index (κ3) is 4.37. The fourth-order valence-electron chi connectivity index (χ4n) is 3.67. The van der Waals surface area contributed by atoms with E-state index in [1.165, 1.54) is 12.1 Å². The lowest BCUT2D eigenvalue weighted by Crippen LogP contribution is -2.38. The largest absolute Gasteiger partial charge is 0.339 e. The summed E-state index contributed by atoms with van der Waals surface area (Å²) in [5.41, 5.74) is 1.31. The Morgan fingerprint density at radius 3 is 2.73 bits per heavy atom. The van der Waals surface area contributed by atoms with E-state index in [9.17, 15) is 13.2 Å². The third-order valence-electron chi connectivity index (χ3n) is 5.22. The van der Waals surface area contributed by atoms with Crippen molar-refractivity contribution in [2.45, 2.75) is 30.6 Å². The molecular formula is C21H22ClN3O3S2. The molecule has 0 atom stereocenters. The number of halogens is 1. The number of rotatable bonds is 5. The smallest absolute Gasteiger partial charge is 0.253 e. The third-order valence-corrected chi connectivity index (χ3v) is 8.20. The summed E-state index contributed by atoms with van der Waals surface area (Å²) in [6.45, 7) is 3.25. The minimum absolute atomic E-state index is 0.109. The molecule has 1 N–H and O–H groups in total. The first-order valence-corrected chi connectivity index (χ1v) is 12.5. The van der Waals surface area contributed by atoms with E-state index in [2.05, 4.69) is 4.72 Å². The lowest BCUT2D eigenvalue weighted by Gasteiger charge is -2.31. The maximum absolute atomic E-state index is 12.9. The van der Waals surface area contributed by atoms with Crippen LogP contribution in [0.5, 0.6) is 0 Å². The SMILES string of the molecule is CCNS(=O)(=O)c1cccc(C(=O)N2CCC(c3nc4cc(Cl)ccc4s3)CC2)c1. The maximum atomic E-state index is 12.9. The van der Waals surface area contributed by atoms with Crippen molar-refractivity contribution in [2.75, 3.05) is 19.6 Å². The number of aromatic nitrogens is 1. The standard InChI is InChI=1S/C21H22ClN3O3S2/c1-2-23-30(27,28)17-5-3-4-15(12-17)21(26)25-10-8-14(9-11-25)20-24-18-13-16(22)6-7-19(18)29-20/h3-7,12-14,23H,2,8-11H2,1H3. The Bertz CT molecular complexity index is 1190. The molecule has 2 aromatic carbocycles. The van der Waals surface area contributed by atoms with Gasteiger partial charge in [0, 0.05) is 36.1 Å². The topological polar surface area (TPSA) is 79.4 Å². The lowest BCUT2D eigenvalue weighted by molar-refractivity contribution is 0.0712. The first-order chi connectivity index (χ1) is 14.4. The van der Waals surface area contributed by atoms with Gasteiger partial charge in [-0.2, -0.15) is 0 Å². The molecule has 1 fully saturated rings. The van der Waals surface area contributed by atoms with Crippen molar-refractivity contribution < 1.29 is 13.2 Å². The molecule has 6 nitrogen and oxygen atoms in total. The molecule has 0 saturated carbocycles. The molecule has 9 heteroatoms. The molecule has 1 saturated heterocycles. The predicted octanol–water partition coefficient (Wildman–Crippen LogP) is 4.27. The van der Waals surface area contributed by atoms with E-state index in [-0.39, 0.29) is 10.8 Å². The second kappa shape index (κ2) is 8.63. The average molecular weight is 464 g/mol. The van der Waals surface area contributed by atoms with Gasteiger partial charge in [-0.1, -0.05) is 24.6 Å². The van der Waals surface area contributed by atoms with Crippen molar-refractivity contribution in [2.24, 2.45) is 0 Å². The summed E-state index contributed by atoms with van der Waals surface area (Å²) in [6, 6.07) is 12.0. The summed E-state index contributed by atoms with van der Waals surface area (Å²) in [6.07, 6.45) is 1.66. The van der Waals surface area contributed by atoms with E-state index < -0.39 is 10.0 Å². The molecule has 0 aliphatic carbocycles. The number of carbonyl (C=O) groups excluding carboxylic acids is 1. The fraction of sp³-hybridized carbons (Fsp3) is 0.333. The van der Waals surface area contributed by atoms with Crippen LogP contribution in [0.25, 0.3) is 10.2 Å². The number of benzene rings is 2. The van der Waals surface area contributed by atoms with Gasteiger partial charge in [0.2, 0.25) is 10.0 Å². The van der Waals surface area contributed by atoms with E-state index in [0.29, 0.717) is 36.1 Å². The van der Waals surface area contributed by atoms with Crippen LogP contribution in [0.15, 0.2) is 47.4 Å². The summed E-state index contributed by atoms with van der Waals surface area (Å²) >= 11 is 7.74. The highest BCUT2D eigenvalue weighted by atomic mass is 35.5. The molecule has 1 aromatic heterocycles. The van der Waals surface area contributed by atoms with Crippen LogP contribution in [0, 0.1) is 0 Å². The highest BCUT2D eigenvalue weighted by Crippen LogP contribution is 2.35. The average Bonchev–Trinajstić information content (AvgIpc) is 3.16. The first kappa shape index (κ1) is 21.2. The number of hydrogen-bond acceptors (Lipinski definition) is 5. The van der Waals surface area contributed by atoms with Crippen LogP contribution in [0.4, 0.5) is 0 Å². The van der Waals surface area contributed by atoms with Gasteiger partial charge in [-0.05, 0) is 49.2 Å². The molecule has 1 aliphatic heterocycles. The number of carbonyl (C=O) groups is 1. The van der Waals surface area contributed by atoms with Crippen LogP contribution in [0.1, 0.15) is 41.0 Å². The number of likely N-dealkylation sites (tertiary alicyclic amines) is 1. The number of thiazole rings is 1. The van der Waals surface area contributed by atoms with Crippen molar-refractivity contribution in [3.8, 4) is 0 Å². The molecule has 2 heterocycles. The summed E-state index contributed by atoms with van der Waals surface area (Å²) < 4.78 is 28.0. The number of nitrogens with zero attached hydrogens (tertiary/aromatic N) is 2. The minimum Gasteiger partial charge on any atom is -0.339 e. The van der Waals surface area contributed by atoms with Gasteiger partial charge in [-0.3, -0.25) is 4.79 Å². The normalized spacial score (nSPS) is 15.6. The Hall–Kier alpha value is -2.00. The monoisotopic (exact) mass is 463 g/mol. The van der Waals surface area contributed by atoms with Gasteiger partial charge in [0.25, 0.3) is 5.91 Å². The molecule has 30 heavy (non-hydrogen) atoms. The minimum atomic E-state index is -3.59. The highest BCUT2D eigenvalue weighted by Gasteiger charge is 2.27. The van der Waals surface area contributed by atoms with Gasteiger partial charge in [-0.25, -0.2) is 18.1 Å². The number of fused-ring (bicyclic) bond motifs is 1. The number of hydrogen-bond donors (Lipinski definition) is 1. The summed E-state index contributed by atoms with van der Waals surface area (Å²) in [5.74, 6) is 0.170. The zero-order chi connectivity index (χ0) is 21.3. The second-order valence-corrected chi connectivity index (χ2v) is 10.5. The molecule has 4 rings (SSSR count). The molecule has 1 amide bonds. The van der Waals surface area contributed by atoms with Crippen LogP contribution in [-0.4, -0.2) is 43.8 Å². The van der Waals surface area contributed by atoms with E-state index in [4.69, 9.17) is 16.6 Å². The quantitative estimate of drug-likeness (QED) is 0.612. The highest BCUT2D eigenvalue weighted by molar-refractivity contribution is 7.89. The zero-order valence-electron chi connectivity index (χ0n) is 16.5. The Balaban J connectivity index is 1.45. The molecule has 0 spiro atoms. The van der Waals surface area contributed by atoms with Crippen LogP contribution < -0.4 is 4.72 Å². The van der Waals surface area contributed by atoms with Crippen molar-refractivity contribution in [1.29, 1.82) is 0 Å². The van der Waals surface area contributed by atoms with Gasteiger partial charge in [0.05, 0.1) is 20.1 Å². The molecule has 1 aliphatic rings. The Morgan fingerprint density at radius 1 is 1.23 bits per heavy atom. The molecule has 0 radical (unpaired) electrons. The molecule has 158 valence electrons. The summed E-state index contributed by atoms with van der Waals surface area (Å²) in [7, 11) is -3.59. The van der Waals surface area contributed by atoms with E-state index in [1.54, 1.807) is 35.3 Å². The number of amides is 1. The van der Waals surface area contributed by atoms with Crippen LogP contribution in [0.2, 0.25) is 5.02 Å². The van der Waals surface area contributed by atoms with Crippen LogP contribution in [-0.2, 0) is 10.0 Å². The van der Waals surface area contributed by atoms with Gasteiger partial charge >= 0.3 is 0 Å². The summed E-state index contributed by atoms with van der Waals surface area (Å²) in [5, 5.41) is 1.76. The lowest BCUT2D eigenvalue weighted by atomic mass is 9.97. The summed E-state index contributed by atoms with van der Waals surface area (Å²) in [4.78, 5) is 19.6. The number of sulfonamides is 1. The van der Waals surface area contributed by atoms with Crippen molar-refractivity contribution in [1.82, 2.24) is 14.6 Å². The van der Waals surface area contributed by atoms with Gasteiger partial charge in [0.1, 0.15) is 0 Å². The zero-order valence-corrected chi connectivity index (χ0v) is 18.9.